The number of benzene rings is 1. The van der Waals surface area contributed by atoms with Crippen molar-refractivity contribution in [2.24, 2.45) is 0 Å². The lowest BCUT2D eigenvalue weighted by Crippen LogP contribution is -2.25. The molecule has 0 radical (unpaired) electrons. The normalized spacial score (nSPS) is 11.8. The molecule has 0 bridgehead atoms. The molecule has 0 aliphatic heterocycles. The Bertz CT molecular complexity index is 1010. The molecule has 10 heteroatoms. The van der Waals surface area contributed by atoms with E-state index in [9.17, 15) is 14.9 Å². The molecule has 0 saturated heterocycles. The number of nitrogens with zero attached hydrogens (tertiary/aromatic N) is 5. The summed E-state index contributed by atoms with van der Waals surface area (Å²) in [4.78, 5) is 22.9. The van der Waals surface area contributed by atoms with E-state index in [4.69, 9.17) is 4.74 Å². The summed E-state index contributed by atoms with van der Waals surface area (Å²) >= 11 is 0. The van der Waals surface area contributed by atoms with Crippen LogP contribution in [0.2, 0.25) is 0 Å². The Morgan fingerprint density at radius 2 is 2.00 bits per heavy atom. The molecule has 1 N–H and O–H groups in total. The summed E-state index contributed by atoms with van der Waals surface area (Å²) < 4.78 is 8.55. The van der Waals surface area contributed by atoms with Crippen molar-refractivity contribution in [1.29, 1.82) is 0 Å². The number of amides is 1. The molecule has 2 heterocycles. The predicted octanol–water partition coefficient (Wildman–Crippen LogP) is 3.09. The van der Waals surface area contributed by atoms with E-state index in [2.05, 4.69) is 22.4 Å². The van der Waals surface area contributed by atoms with Crippen LogP contribution in [0.1, 0.15) is 31.1 Å². The summed E-state index contributed by atoms with van der Waals surface area (Å²) in [5, 5.41) is 21.8. The molecule has 0 spiro atoms. The predicted molar refractivity (Wildman–Crippen MR) is 106 cm³/mol. The molecule has 1 atom stereocenters. The SMILES string of the molecule is CCc1ccc(OCn2cc(NC(=O)C(C)n3ncc([N+](=O)[O-])c3C)cn2)cc1. The second-order valence-electron chi connectivity index (χ2n) is 6.52. The molecule has 3 rings (SSSR count). The number of anilines is 1. The Labute approximate surface area is 167 Å². The van der Waals surface area contributed by atoms with E-state index < -0.39 is 11.0 Å². The van der Waals surface area contributed by atoms with Gasteiger partial charge in [-0.25, -0.2) is 4.68 Å². The van der Waals surface area contributed by atoms with Gasteiger partial charge in [-0.2, -0.15) is 10.2 Å². The maximum atomic E-state index is 12.5. The Morgan fingerprint density at radius 1 is 1.28 bits per heavy atom. The molecule has 152 valence electrons. The van der Waals surface area contributed by atoms with E-state index >= 15 is 0 Å². The van der Waals surface area contributed by atoms with Gasteiger partial charge in [0.2, 0.25) is 5.91 Å². The van der Waals surface area contributed by atoms with Gasteiger partial charge in [0, 0.05) is 0 Å². The van der Waals surface area contributed by atoms with Crippen LogP contribution in [-0.2, 0) is 17.9 Å². The minimum Gasteiger partial charge on any atom is -0.471 e. The second-order valence-corrected chi connectivity index (χ2v) is 6.52. The lowest BCUT2D eigenvalue weighted by atomic mass is 10.2. The van der Waals surface area contributed by atoms with Crippen LogP contribution in [0.5, 0.6) is 5.75 Å². The van der Waals surface area contributed by atoms with E-state index in [0.29, 0.717) is 11.4 Å². The fraction of sp³-hybridized carbons (Fsp3) is 0.316. The Kier molecular flexibility index (Phi) is 5.91. The number of aryl methyl sites for hydroxylation is 1. The third kappa shape index (κ3) is 4.60. The summed E-state index contributed by atoms with van der Waals surface area (Å²) in [5.74, 6) is 0.370. The van der Waals surface area contributed by atoms with E-state index in [-0.39, 0.29) is 18.3 Å². The highest BCUT2D eigenvalue weighted by Crippen LogP contribution is 2.21. The third-order valence-corrected chi connectivity index (χ3v) is 4.56. The van der Waals surface area contributed by atoms with Crippen LogP contribution in [-0.4, -0.2) is 30.4 Å². The summed E-state index contributed by atoms with van der Waals surface area (Å²) in [6, 6.07) is 7.09. The van der Waals surface area contributed by atoms with E-state index in [0.717, 1.165) is 18.4 Å². The number of carbonyl (C=O) groups is 1. The first-order chi connectivity index (χ1) is 13.9. The Morgan fingerprint density at radius 3 is 2.62 bits per heavy atom. The lowest BCUT2D eigenvalue weighted by molar-refractivity contribution is -0.385. The standard InChI is InChI=1S/C19H22N6O4/c1-4-15-5-7-17(8-6-15)29-12-23-11-16(9-20-23)22-19(26)14(3)24-13(2)18(10-21-24)25(27)28/h5-11,14H,4,12H2,1-3H3,(H,22,26). The zero-order valence-corrected chi connectivity index (χ0v) is 16.4. The van der Waals surface area contributed by atoms with Crippen molar-refractivity contribution in [3.63, 3.8) is 0 Å². The molecule has 2 aromatic heterocycles. The van der Waals surface area contributed by atoms with E-state index in [1.807, 2.05) is 24.3 Å². The van der Waals surface area contributed by atoms with Crippen LogP contribution >= 0.6 is 0 Å². The number of hydrogen-bond acceptors (Lipinski definition) is 6. The van der Waals surface area contributed by atoms with Gasteiger partial charge in [-0.05, 0) is 38.0 Å². The molecular weight excluding hydrogens is 376 g/mol. The van der Waals surface area contributed by atoms with Crippen molar-refractivity contribution < 1.29 is 14.5 Å². The van der Waals surface area contributed by atoms with Crippen molar-refractivity contribution in [2.45, 2.75) is 40.0 Å². The van der Waals surface area contributed by atoms with Crippen LogP contribution in [0.15, 0.2) is 42.9 Å². The van der Waals surface area contributed by atoms with E-state index in [1.165, 1.54) is 16.4 Å². The van der Waals surface area contributed by atoms with Gasteiger partial charge in [0.25, 0.3) is 0 Å². The fourth-order valence-corrected chi connectivity index (χ4v) is 2.80. The number of ether oxygens (including phenoxy) is 1. The average Bonchev–Trinajstić information content (AvgIpc) is 3.32. The zero-order chi connectivity index (χ0) is 21.0. The van der Waals surface area contributed by atoms with Gasteiger partial charge in [0.15, 0.2) is 6.73 Å². The highest BCUT2D eigenvalue weighted by Gasteiger charge is 2.24. The van der Waals surface area contributed by atoms with Crippen LogP contribution in [0.4, 0.5) is 11.4 Å². The lowest BCUT2D eigenvalue weighted by Gasteiger charge is -2.13. The van der Waals surface area contributed by atoms with Crippen LogP contribution < -0.4 is 10.1 Å². The molecule has 0 saturated carbocycles. The highest BCUT2D eigenvalue weighted by atomic mass is 16.6. The molecule has 1 unspecified atom stereocenters. The first kappa shape index (κ1) is 20.1. The Hall–Kier alpha value is -3.69. The number of aromatic nitrogens is 4. The maximum Gasteiger partial charge on any atom is 0.309 e. The quantitative estimate of drug-likeness (QED) is 0.460. The number of carbonyl (C=O) groups excluding carboxylic acids is 1. The van der Waals surface area contributed by atoms with Crippen molar-refractivity contribution >= 4 is 17.3 Å². The number of nitro groups is 1. The van der Waals surface area contributed by atoms with Crippen molar-refractivity contribution in [1.82, 2.24) is 19.6 Å². The van der Waals surface area contributed by atoms with Gasteiger partial charge in [0.1, 0.15) is 23.7 Å². The molecule has 0 aliphatic rings. The van der Waals surface area contributed by atoms with Gasteiger partial charge in [-0.15, -0.1) is 0 Å². The average molecular weight is 398 g/mol. The van der Waals surface area contributed by atoms with Crippen LogP contribution in [0, 0.1) is 17.0 Å². The number of rotatable bonds is 8. The maximum absolute atomic E-state index is 12.5. The van der Waals surface area contributed by atoms with Gasteiger partial charge >= 0.3 is 5.69 Å². The molecule has 0 aliphatic carbocycles. The topological polar surface area (TPSA) is 117 Å². The molecular formula is C19H22N6O4. The van der Waals surface area contributed by atoms with Crippen LogP contribution in [0.25, 0.3) is 0 Å². The largest absolute Gasteiger partial charge is 0.471 e. The second kappa shape index (κ2) is 8.55. The summed E-state index contributed by atoms with van der Waals surface area (Å²) in [7, 11) is 0. The minimum atomic E-state index is -0.722. The van der Waals surface area contributed by atoms with Gasteiger partial charge in [0.05, 0.1) is 23.0 Å². The van der Waals surface area contributed by atoms with Gasteiger partial charge in [-0.3, -0.25) is 19.6 Å². The first-order valence-corrected chi connectivity index (χ1v) is 9.12. The van der Waals surface area contributed by atoms with Crippen molar-refractivity contribution in [2.75, 3.05) is 5.32 Å². The first-order valence-electron chi connectivity index (χ1n) is 9.12. The molecule has 1 amide bonds. The Balaban J connectivity index is 1.58. The highest BCUT2D eigenvalue weighted by molar-refractivity contribution is 5.93. The molecule has 29 heavy (non-hydrogen) atoms. The fourth-order valence-electron chi connectivity index (χ4n) is 2.80. The van der Waals surface area contributed by atoms with E-state index in [1.54, 1.807) is 24.7 Å². The van der Waals surface area contributed by atoms with Gasteiger partial charge < -0.3 is 10.1 Å². The zero-order valence-electron chi connectivity index (χ0n) is 16.4. The smallest absolute Gasteiger partial charge is 0.309 e. The van der Waals surface area contributed by atoms with Gasteiger partial charge in [-0.1, -0.05) is 19.1 Å². The third-order valence-electron chi connectivity index (χ3n) is 4.56. The summed E-state index contributed by atoms with van der Waals surface area (Å²) in [6.07, 6.45) is 5.25. The monoisotopic (exact) mass is 398 g/mol. The molecule has 3 aromatic rings. The summed E-state index contributed by atoms with van der Waals surface area (Å²) in [6.45, 7) is 5.45. The number of hydrogen-bond donors (Lipinski definition) is 1. The molecule has 0 fully saturated rings. The molecule has 10 nitrogen and oxygen atoms in total. The summed E-state index contributed by atoms with van der Waals surface area (Å²) in [5.41, 5.74) is 1.91. The van der Waals surface area contributed by atoms with Crippen LogP contribution in [0.3, 0.4) is 0 Å². The molecule has 1 aromatic carbocycles. The number of nitrogens with one attached hydrogen (secondary N) is 1. The van der Waals surface area contributed by atoms with Crippen molar-refractivity contribution in [3.8, 4) is 5.75 Å². The minimum absolute atomic E-state index is 0.124. The van der Waals surface area contributed by atoms with Crippen molar-refractivity contribution in [3.05, 3.63) is 64.2 Å².